The topological polar surface area (TPSA) is 79.3 Å². The van der Waals surface area contributed by atoms with Crippen LogP contribution in [-0.2, 0) is 4.74 Å². The van der Waals surface area contributed by atoms with E-state index in [2.05, 4.69) is 20.6 Å². The highest BCUT2D eigenvalue weighted by molar-refractivity contribution is 5.90. The number of nitrogens with zero attached hydrogens (tertiary/aromatic N) is 2. The Bertz CT molecular complexity index is 867. The number of phenols is 1. The van der Waals surface area contributed by atoms with E-state index in [9.17, 15) is 5.11 Å². The second kappa shape index (κ2) is 8.21. The van der Waals surface area contributed by atoms with Crippen LogP contribution in [0.4, 0.5) is 17.5 Å². The average molecular weight is 373 g/mol. The molecule has 3 aromatic rings. The number of benzene rings is 2. The molecule has 1 aliphatic heterocycles. The fourth-order valence-corrected chi connectivity index (χ4v) is 2.96. The van der Waals surface area contributed by atoms with Crippen LogP contribution in [0.25, 0.3) is 10.9 Å². The van der Waals surface area contributed by atoms with Gasteiger partial charge in [0.2, 0.25) is 5.95 Å². The minimum absolute atomic E-state index is 0. The van der Waals surface area contributed by atoms with Crippen molar-refractivity contribution in [3.63, 3.8) is 0 Å². The highest BCUT2D eigenvalue weighted by atomic mass is 35.5. The summed E-state index contributed by atoms with van der Waals surface area (Å²) in [5.41, 5.74) is 1.69. The molecule has 1 fully saturated rings. The summed E-state index contributed by atoms with van der Waals surface area (Å²) in [5, 5.41) is 17.0. The van der Waals surface area contributed by atoms with Crippen molar-refractivity contribution in [1.82, 2.24) is 9.97 Å². The van der Waals surface area contributed by atoms with Gasteiger partial charge < -0.3 is 20.5 Å². The van der Waals surface area contributed by atoms with E-state index in [0.29, 0.717) is 5.95 Å². The number of hydrogen-bond donors (Lipinski definition) is 3. The van der Waals surface area contributed by atoms with E-state index in [-0.39, 0.29) is 24.3 Å². The number of phenolic OH excluding ortho intramolecular Hbond substituents is 1. The minimum Gasteiger partial charge on any atom is -0.508 e. The van der Waals surface area contributed by atoms with Crippen LogP contribution in [0.1, 0.15) is 12.8 Å². The fraction of sp³-hybridized carbons (Fsp3) is 0.263. The standard InChI is InChI=1S/C19H20N4O2.ClH/c24-14-9-7-13(8-10-14)21-19-22-17-6-2-1-5-16(17)18(23-19)20-12-15-4-3-11-25-15;/h1-2,5-10,15,24H,3-4,11-12H2,(H2,20,21,22,23);1H. The second-order valence-electron chi connectivity index (χ2n) is 6.10. The molecule has 0 bridgehead atoms. The molecule has 1 aliphatic rings. The van der Waals surface area contributed by atoms with Crippen molar-refractivity contribution in [2.45, 2.75) is 18.9 Å². The van der Waals surface area contributed by atoms with E-state index in [1.807, 2.05) is 24.3 Å². The second-order valence-corrected chi connectivity index (χ2v) is 6.10. The average Bonchev–Trinajstić information content (AvgIpc) is 3.15. The van der Waals surface area contributed by atoms with E-state index in [1.165, 1.54) is 0 Å². The lowest BCUT2D eigenvalue weighted by Gasteiger charge is -2.14. The van der Waals surface area contributed by atoms with Crippen molar-refractivity contribution in [3.8, 4) is 5.75 Å². The Hall–Kier alpha value is -2.57. The van der Waals surface area contributed by atoms with Crippen LogP contribution in [0.3, 0.4) is 0 Å². The van der Waals surface area contributed by atoms with E-state index in [4.69, 9.17) is 4.74 Å². The number of rotatable bonds is 5. The lowest BCUT2D eigenvalue weighted by molar-refractivity contribution is 0.120. The fourth-order valence-electron chi connectivity index (χ4n) is 2.96. The zero-order valence-electron chi connectivity index (χ0n) is 14.2. The van der Waals surface area contributed by atoms with Crippen molar-refractivity contribution in [3.05, 3.63) is 48.5 Å². The number of halogens is 1. The quantitative estimate of drug-likeness (QED) is 0.585. The molecular formula is C19H21ClN4O2. The molecule has 4 rings (SSSR count). The van der Waals surface area contributed by atoms with Crippen molar-refractivity contribution >= 4 is 40.8 Å². The van der Waals surface area contributed by atoms with Gasteiger partial charge in [0.1, 0.15) is 11.6 Å². The van der Waals surface area contributed by atoms with Gasteiger partial charge in [-0.3, -0.25) is 0 Å². The van der Waals surface area contributed by atoms with Crippen LogP contribution >= 0.6 is 12.4 Å². The van der Waals surface area contributed by atoms with Gasteiger partial charge in [0, 0.05) is 24.2 Å². The van der Waals surface area contributed by atoms with Crippen LogP contribution in [0.2, 0.25) is 0 Å². The highest BCUT2D eigenvalue weighted by Gasteiger charge is 2.16. The van der Waals surface area contributed by atoms with Crippen LogP contribution < -0.4 is 10.6 Å². The largest absolute Gasteiger partial charge is 0.508 e. The molecule has 1 unspecified atom stereocenters. The molecule has 136 valence electrons. The summed E-state index contributed by atoms with van der Waals surface area (Å²) in [4.78, 5) is 9.21. The van der Waals surface area contributed by atoms with E-state index >= 15 is 0 Å². The maximum absolute atomic E-state index is 9.40. The van der Waals surface area contributed by atoms with Gasteiger partial charge >= 0.3 is 0 Å². The Kier molecular flexibility index (Phi) is 5.75. The molecule has 0 radical (unpaired) electrons. The molecule has 26 heavy (non-hydrogen) atoms. The molecule has 1 atom stereocenters. The molecule has 3 N–H and O–H groups in total. The van der Waals surface area contributed by atoms with Crippen LogP contribution in [0.15, 0.2) is 48.5 Å². The number of anilines is 3. The lowest BCUT2D eigenvalue weighted by Crippen LogP contribution is -2.19. The Morgan fingerprint density at radius 1 is 1.08 bits per heavy atom. The number of hydrogen-bond acceptors (Lipinski definition) is 6. The van der Waals surface area contributed by atoms with Crippen molar-refractivity contribution in [2.75, 3.05) is 23.8 Å². The SMILES string of the molecule is Cl.Oc1ccc(Nc2nc(NCC3CCCO3)c3ccccc3n2)cc1. The summed E-state index contributed by atoms with van der Waals surface area (Å²) in [6, 6.07) is 14.7. The van der Waals surface area contributed by atoms with Gasteiger partial charge in [0.05, 0.1) is 11.6 Å². The molecule has 0 aliphatic carbocycles. The van der Waals surface area contributed by atoms with Gasteiger partial charge in [-0.15, -0.1) is 12.4 Å². The summed E-state index contributed by atoms with van der Waals surface area (Å²) < 4.78 is 5.68. The van der Waals surface area contributed by atoms with Gasteiger partial charge in [-0.25, -0.2) is 4.98 Å². The molecule has 1 saturated heterocycles. The zero-order chi connectivity index (χ0) is 17.1. The third-order valence-electron chi connectivity index (χ3n) is 4.25. The molecule has 1 aromatic heterocycles. The van der Waals surface area contributed by atoms with Crippen LogP contribution in [0, 0.1) is 0 Å². The van der Waals surface area contributed by atoms with Crippen LogP contribution in [0.5, 0.6) is 5.75 Å². The molecular weight excluding hydrogens is 352 g/mol. The number of aromatic nitrogens is 2. The van der Waals surface area contributed by atoms with Gasteiger partial charge in [-0.2, -0.15) is 4.98 Å². The number of nitrogens with one attached hydrogen (secondary N) is 2. The smallest absolute Gasteiger partial charge is 0.229 e. The molecule has 0 spiro atoms. The normalized spacial score (nSPS) is 16.2. The first-order chi connectivity index (χ1) is 12.3. The monoisotopic (exact) mass is 372 g/mol. The van der Waals surface area contributed by atoms with E-state index < -0.39 is 0 Å². The van der Waals surface area contributed by atoms with Gasteiger partial charge in [0.25, 0.3) is 0 Å². The first-order valence-electron chi connectivity index (χ1n) is 8.46. The molecule has 7 heteroatoms. The third-order valence-corrected chi connectivity index (χ3v) is 4.25. The molecule has 6 nitrogen and oxygen atoms in total. The van der Waals surface area contributed by atoms with Crippen LogP contribution in [-0.4, -0.2) is 34.3 Å². The van der Waals surface area contributed by atoms with Crippen molar-refractivity contribution < 1.29 is 9.84 Å². The Morgan fingerprint density at radius 2 is 1.88 bits per heavy atom. The summed E-state index contributed by atoms with van der Waals surface area (Å²) in [7, 11) is 0. The van der Waals surface area contributed by atoms with Crippen molar-refractivity contribution in [2.24, 2.45) is 0 Å². The molecule has 0 saturated carbocycles. The maximum Gasteiger partial charge on any atom is 0.229 e. The number of ether oxygens (including phenoxy) is 1. The summed E-state index contributed by atoms with van der Waals surface area (Å²) in [6.45, 7) is 1.57. The number of para-hydroxylation sites is 1. The predicted molar refractivity (Wildman–Crippen MR) is 106 cm³/mol. The van der Waals surface area contributed by atoms with Gasteiger partial charge in [0.15, 0.2) is 0 Å². The first kappa shape index (κ1) is 18.2. The third kappa shape index (κ3) is 4.15. The number of aromatic hydroxyl groups is 1. The Labute approximate surface area is 158 Å². The van der Waals surface area contributed by atoms with Gasteiger partial charge in [-0.1, -0.05) is 12.1 Å². The minimum atomic E-state index is 0. The Morgan fingerprint density at radius 3 is 2.65 bits per heavy atom. The predicted octanol–water partition coefficient (Wildman–Crippen LogP) is 4.09. The van der Waals surface area contributed by atoms with E-state index in [0.717, 1.165) is 48.4 Å². The highest BCUT2D eigenvalue weighted by Crippen LogP contribution is 2.25. The summed E-state index contributed by atoms with van der Waals surface area (Å²) in [6.07, 6.45) is 2.43. The zero-order valence-corrected chi connectivity index (χ0v) is 15.0. The lowest BCUT2D eigenvalue weighted by atomic mass is 10.2. The Balaban J connectivity index is 0.00000196. The molecule has 2 aromatic carbocycles. The maximum atomic E-state index is 9.40. The van der Waals surface area contributed by atoms with E-state index in [1.54, 1.807) is 24.3 Å². The molecule has 0 amide bonds. The van der Waals surface area contributed by atoms with Gasteiger partial charge in [-0.05, 0) is 49.2 Å². The van der Waals surface area contributed by atoms with Crippen molar-refractivity contribution in [1.29, 1.82) is 0 Å². The summed E-state index contributed by atoms with van der Waals surface area (Å²) in [5.74, 6) is 1.53. The number of fused-ring (bicyclic) bond motifs is 1. The summed E-state index contributed by atoms with van der Waals surface area (Å²) >= 11 is 0. The first-order valence-corrected chi connectivity index (χ1v) is 8.46. The molecule has 2 heterocycles.